The number of para-hydroxylation sites is 1. The van der Waals surface area contributed by atoms with Crippen LogP contribution in [-0.2, 0) is 0 Å². The van der Waals surface area contributed by atoms with Crippen LogP contribution in [0, 0.1) is 6.92 Å². The predicted molar refractivity (Wildman–Crippen MR) is 81.6 cm³/mol. The molecule has 21 heavy (non-hydrogen) atoms. The van der Waals surface area contributed by atoms with Gasteiger partial charge in [-0.25, -0.2) is 4.79 Å². The summed E-state index contributed by atoms with van der Waals surface area (Å²) in [6, 6.07) is 6.86. The predicted octanol–water partition coefficient (Wildman–Crippen LogP) is 3.41. The van der Waals surface area contributed by atoms with E-state index in [-0.39, 0.29) is 10.8 Å². The maximum atomic E-state index is 12.4. The van der Waals surface area contributed by atoms with E-state index < -0.39 is 5.97 Å². The van der Waals surface area contributed by atoms with E-state index in [9.17, 15) is 9.59 Å². The Kier molecular flexibility index (Phi) is 4.59. The van der Waals surface area contributed by atoms with Gasteiger partial charge in [-0.1, -0.05) is 12.1 Å². The molecule has 0 radical (unpaired) electrons. The lowest BCUT2D eigenvalue weighted by Gasteiger charge is -2.11. The summed E-state index contributed by atoms with van der Waals surface area (Å²) in [4.78, 5) is 23.6. The smallest absolute Gasteiger partial charge is 0.348 e. The number of ether oxygens (including phenoxy) is 1. The van der Waals surface area contributed by atoms with Crippen molar-refractivity contribution in [1.29, 1.82) is 0 Å². The van der Waals surface area contributed by atoms with Gasteiger partial charge in [0, 0.05) is 0 Å². The van der Waals surface area contributed by atoms with E-state index in [2.05, 4.69) is 5.32 Å². The topological polar surface area (TPSA) is 75.6 Å². The molecule has 0 spiro atoms. The molecule has 0 unspecified atom stereocenters. The molecular formula is C15H15NO4S. The Labute approximate surface area is 126 Å². The number of aryl methyl sites for hydroxylation is 1. The first-order chi connectivity index (χ1) is 10.0. The Bertz CT molecular complexity index is 678. The normalized spacial score (nSPS) is 10.2. The molecule has 0 fully saturated rings. The van der Waals surface area contributed by atoms with E-state index in [1.165, 1.54) is 0 Å². The molecule has 0 bridgehead atoms. The fourth-order valence-electron chi connectivity index (χ4n) is 1.87. The Balaban J connectivity index is 2.31. The van der Waals surface area contributed by atoms with Gasteiger partial charge in [0.1, 0.15) is 10.6 Å². The van der Waals surface area contributed by atoms with Crippen molar-refractivity contribution in [3.8, 4) is 5.75 Å². The van der Waals surface area contributed by atoms with Gasteiger partial charge in [0.05, 0.1) is 17.9 Å². The van der Waals surface area contributed by atoms with Crippen LogP contribution in [0.5, 0.6) is 5.75 Å². The van der Waals surface area contributed by atoms with E-state index in [0.29, 0.717) is 23.6 Å². The molecule has 6 heteroatoms. The molecule has 1 aromatic heterocycles. The fourth-order valence-corrected chi connectivity index (χ4v) is 2.72. The molecule has 1 aromatic carbocycles. The molecule has 0 aliphatic rings. The van der Waals surface area contributed by atoms with Crippen LogP contribution in [0.4, 0.5) is 5.69 Å². The lowest BCUT2D eigenvalue weighted by molar-refractivity contribution is 0.0703. The third-order valence-electron chi connectivity index (χ3n) is 2.84. The summed E-state index contributed by atoms with van der Waals surface area (Å²) in [5, 5.41) is 13.5. The van der Waals surface area contributed by atoms with E-state index >= 15 is 0 Å². The minimum Gasteiger partial charge on any atom is -0.493 e. The van der Waals surface area contributed by atoms with E-state index in [0.717, 1.165) is 16.9 Å². The number of anilines is 1. The number of benzene rings is 1. The SMILES string of the molecule is CCOc1ccccc1C(=O)Nc1c(C)csc1C(=O)O. The van der Waals surface area contributed by atoms with Crippen molar-refractivity contribution in [3.63, 3.8) is 0 Å². The first-order valence-electron chi connectivity index (χ1n) is 6.39. The van der Waals surface area contributed by atoms with Crippen molar-refractivity contribution < 1.29 is 19.4 Å². The highest BCUT2D eigenvalue weighted by molar-refractivity contribution is 7.12. The van der Waals surface area contributed by atoms with Crippen LogP contribution in [0.25, 0.3) is 0 Å². The molecule has 0 aliphatic carbocycles. The summed E-state index contributed by atoms with van der Waals surface area (Å²) in [7, 11) is 0. The number of hydrogen-bond acceptors (Lipinski definition) is 4. The van der Waals surface area contributed by atoms with Crippen LogP contribution in [0.3, 0.4) is 0 Å². The molecule has 110 valence electrons. The summed E-state index contributed by atoms with van der Waals surface area (Å²) in [5.74, 6) is -0.966. The molecule has 0 atom stereocenters. The van der Waals surface area contributed by atoms with Crippen molar-refractivity contribution in [2.45, 2.75) is 13.8 Å². The van der Waals surface area contributed by atoms with Crippen LogP contribution in [-0.4, -0.2) is 23.6 Å². The Hall–Kier alpha value is -2.34. The zero-order valence-corrected chi connectivity index (χ0v) is 12.5. The lowest BCUT2D eigenvalue weighted by atomic mass is 10.1. The highest BCUT2D eigenvalue weighted by Gasteiger charge is 2.19. The number of carbonyl (C=O) groups excluding carboxylic acids is 1. The van der Waals surface area contributed by atoms with E-state index in [1.54, 1.807) is 36.6 Å². The van der Waals surface area contributed by atoms with Crippen LogP contribution >= 0.6 is 11.3 Å². The minimum absolute atomic E-state index is 0.120. The zero-order valence-electron chi connectivity index (χ0n) is 11.7. The third-order valence-corrected chi connectivity index (χ3v) is 3.93. The fraction of sp³-hybridized carbons (Fsp3) is 0.200. The molecular weight excluding hydrogens is 290 g/mol. The molecule has 0 saturated heterocycles. The quantitative estimate of drug-likeness (QED) is 0.887. The number of aromatic carboxylic acids is 1. The molecule has 5 nitrogen and oxygen atoms in total. The van der Waals surface area contributed by atoms with Gasteiger partial charge in [0.15, 0.2) is 0 Å². The zero-order chi connectivity index (χ0) is 15.4. The van der Waals surface area contributed by atoms with Gasteiger partial charge in [0.2, 0.25) is 0 Å². The molecule has 0 saturated carbocycles. The average Bonchev–Trinajstić information content (AvgIpc) is 2.81. The number of thiophene rings is 1. The second kappa shape index (κ2) is 6.41. The number of carboxylic acid groups (broad SMARTS) is 1. The van der Waals surface area contributed by atoms with Gasteiger partial charge >= 0.3 is 5.97 Å². The molecule has 0 aliphatic heterocycles. The average molecular weight is 305 g/mol. The highest BCUT2D eigenvalue weighted by atomic mass is 32.1. The summed E-state index contributed by atoms with van der Waals surface area (Å²) in [5.41, 5.74) is 1.43. The largest absolute Gasteiger partial charge is 0.493 e. The number of hydrogen-bond donors (Lipinski definition) is 2. The number of carboxylic acids is 1. The standard InChI is InChI=1S/C15H15NO4S/c1-3-20-11-7-5-4-6-10(11)14(17)16-12-9(2)8-21-13(12)15(18)19/h4-8H,3H2,1-2H3,(H,16,17)(H,18,19). The van der Waals surface area contributed by atoms with Gasteiger partial charge < -0.3 is 15.2 Å². The molecule has 2 rings (SSSR count). The Morgan fingerprint density at radius 2 is 2.05 bits per heavy atom. The Morgan fingerprint density at radius 1 is 1.33 bits per heavy atom. The van der Waals surface area contributed by atoms with Crippen LogP contribution < -0.4 is 10.1 Å². The summed E-state index contributed by atoms with van der Waals surface area (Å²) < 4.78 is 5.41. The van der Waals surface area contributed by atoms with Gasteiger partial charge in [-0.2, -0.15) is 0 Å². The van der Waals surface area contributed by atoms with E-state index in [4.69, 9.17) is 9.84 Å². The van der Waals surface area contributed by atoms with Gasteiger partial charge in [-0.05, 0) is 36.9 Å². The number of nitrogens with one attached hydrogen (secondary N) is 1. The maximum absolute atomic E-state index is 12.4. The van der Waals surface area contributed by atoms with Crippen LogP contribution in [0.1, 0.15) is 32.5 Å². The summed E-state index contributed by atoms with van der Waals surface area (Å²) >= 11 is 1.09. The van der Waals surface area contributed by atoms with Crippen molar-refractivity contribution >= 4 is 28.9 Å². The molecule has 1 amide bonds. The van der Waals surface area contributed by atoms with Crippen LogP contribution in [0.15, 0.2) is 29.6 Å². The third kappa shape index (κ3) is 3.22. The number of carbonyl (C=O) groups is 2. The number of amides is 1. The Morgan fingerprint density at radius 3 is 2.71 bits per heavy atom. The summed E-state index contributed by atoms with van der Waals surface area (Å²) in [6.07, 6.45) is 0. The first kappa shape index (κ1) is 15.1. The van der Waals surface area contributed by atoms with Crippen molar-refractivity contribution in [2.24, 2.45) is 0 Å². The van der Waals surface area contributed by atoms with E-state index in [1.807, 2.05) is 6.92 Å². The lowest BCUT2D eigenvalue weighted by Crippen LogP contribution is -2.15. The molecule has 1 heterocycles. The van der Waals surface area contributed by atoms with Gasteiger partial charge in [-0.15, -0.1) is 11.3 Å². The second-order valence-corrected chi connectivity index (χ2v) is 5.19. The maximum Gasteiger partial charge on any atom is 0.348 e. The first-order valence-corrected chi connectivity index (χ1v) is 7.27. The monoisotopic (exact) mass is 305 g/mol. The molecule has 2 aromatic rings. The molecule has 2 N–H and O–H groups in total. The van der Waals surface area contributed by atoms with Crippen molar-refractivity contribution in [2.75, 3.05) is 11.9 Å². The van der Waals surface area contributed by atoms with Crippen LogP contribution in [0.2, 0.25) is 0 Å². The van der Waals surface area contributed by atoms with Crippen molar-refractivity contribution in [3.05, 3.63) is 45.6 Å². The van der Waals surface area contributed by atoms with Gasteiger partial charge in [-0.3, -0.25) is 4.79 Å². The number of rotatable bonds is 5. The highest BCUT2D eigenvalue weighted by Crippen LogP contribution is 2.29. The van der Waals surface area contributed by atoms with Gasteiger partial charge in [0.25, 0.3) is 5.91 Å². The van der Waals surface area contributed by atoms with Crippen molar-refractivity contribution in [1.82, 2.24) is 0 Å². The minimum atomic E-state index is -1.05. The second-order valence-electron chi connectivity index (χ2n) is 4.31. The summed E-state index contributed by atoms with van der Waals surface area (Å²) in [6.45, 7) is 4.04.